The summed E-state index contributed by atoms with van der Waals surface area (Å²) in [5, 5.41) is 3.44. The molecule has 0 spiro atoms. The zero-order valence-electron chi connectivity index (χ0n) is 13.5. The van der Waals surface area contributed by atoms with Crippen LogP contribution in [0.15, 0.2) is 36.4 Å². The number of methoxy groups -OCH3 is 1. The highest BCUT2D eigenvalue weighted by Crippen LogP contribution is 2.38. The van der Waals surface area contributed by atoms with E-state index in [-0.39, 0.29) is 11.9 Å². The number of carbonyl (C=O) groups is 2. The van der Waals surface area contributed by atoms with Gasteiger partial charge in [-0.05, 0) is 42.9 Å². The largest absolute Gasteiger partial charge is 0.465 e. The van der Waals surface area contributed by atoms with E-state index in [4.69, 9.17) is 4.74 Å². The molecule has 0 unspecified atom stereocenters. The number of anilines is 1. The predicted molar refractivity (Wildman–Crippen MR) is 96.4 cm³/mol. The number of fused-ring (bicyclic) bond motifs is 1. The lowest BCUT2D eigenvalue weighted by Crippen LogP contribution is -2.13. The number of ether oxygens (including phenoxy) is 1. The van der Waals surface area contributed by atoms with Crippen LogP contribution >= 0.6 is 11.3 Å². The Kier molecular flexibility index (Phi) is 5.11. The SMILES string of the molecule is COC(=O)c1c(NC(=O)C=Cc2ccccc2)sc2c1CCCC2. The first kappa shape index (κ1) is 16.5. The molecule has 1 aromatic carbocycles. The molecular formula is C19H19NO3S. The standard InChI is InChI=1S/C19H19NO3S/c1-23-19(22)17-14-9-5-6-10-15(14)24-18(17)20-16(21)12-11-13-7-3-2-4-8-13/h2-4,7-8,11-12H,5-6,9-10H2,1H3,(H,20,21). The third kappa shape index (κ3) is 3.57. The van der Waals surface area contributed by atoms with Crippen molar-refractivity contribution in [3.63, 3.8) is 0 Å². The Labute approximate surface area is 145 Å². The van der Waals surface area contributed by atoms with Crippen molar-refractivity contribution >= 4 is 34.3 Å². The molecule has 1 aliphatic carbocycles. The van der Waals surface area contributed by atoms with E-state index >= 15 is 0 Å². The molecule has 124 valence electrons. The molecule has 1 aromatic heterocycles. The van der Waals surface area contributed by atoms with Gasteiger partial charge in [-0.15, -0.1) is 11.3 Å². The van der Waals surface area contributed by atoms with Crippen LogP contribution in [0.3, 0.4) is 0 Å². The average molecular weight is 341 g/mol. The zero-order valence-corrected chi connectivity index (χ0v) is 14.3. The van der Waals surface area contributed by atoms with Gasteiger partial charge < -0.3 is 10.1 Å². The molecule has 0 fully saturated rings. The highest BCUT2D eigenvalue weighted by Gasteiger charge is 2.26. The van der Waals surface area contributed by atoms with Gasteiger partial charge in [-0.3, -0.25) is 4.79 Å². The fraction of sp³-hybridized carbons (Fsp3) is 0.263. The molecule has 0 atom stereocenters. The summed E-state index contributed by atoms with van der Waals surface area (Å²) in [5.41, 5.74) is 2.52. The summed E-state index contributed by atoms with van der Waals surface area (Å²) in [6.07, 6.45) is 7.24. The number of thiophene rings is 1. The summed E-state index contributed by atoms with van der Waals surface area (Å²) in [7, 11) is 1.37. The Bertz CT molecular complexity index is 777. The molecule has 24 heavy (non-hydrogen) atoms. The van der Waals surface area contributed by atoms with Crippen LogP contribution in [0.5, 0.6) is 0 Å². The molecule has 0 aliphatic heterocycles. The maximum atomic E-state index is 12.2. The maximum absolute atomic E-state index is 12.2. The summed E-state index contributed by atoms with van der Waals surface area (Å²) < 4.78 is 4.91. The van der Waals surface area contributed by atoms with Gasteiger partial charge >= 0.3 is 5.97 Å². The third-order valence-corrected chi connectivity index (χ3v) is 5.23. The van der Waals surface area contributed by atoms with E-state index in [1.807, 2.05) is 30.3 Å². The lowest BCUT2D eigenvalue weighted by Gasteiger charge is -2.11. The second kappa shape index (κ2) is 7.45. The first-order valence-corrected chi connectivity index (χ1v) is 8.77. The van der Waals surface area contributed by atoms with Crippen molar-refractivity contribution < 1.29 is 14.3 Å². The van der Waals surface area contributed by atoms with Crippen molar-refractivity contribution in [2.24, 2.45) is 0 Å². The highest BCUT2D eigenvalue weighted by molar-refractivity contribution is 7.17. The predicted octanol–water partition coefficient (Wildman–Crippen LogP) is 4.07. The van der Waals surface area contributed by atoms with E-state index in [9.17, 15) is 9.59 Å². The summed E-state index contributed by atoms with van der Waals surface area (Å²) in [4.78, 5) is 25.5. The number of amides is 1. The van der Waals surface area contributed by atoms with Crippen molar-refractivity contribution in [3.05, 3.63) is 58.0 Å². The van der Waals surface area contributed by atoms with Crippen LogP contribution in [0.25, 0.3) is 6.08 Å². The van der Waals surface area contributed by atoms with Gasteiger partial charge in [-0.2, -0.15) is 0 Å². The van der Waals surface area contributed by atoms with Crippen LogP contribution in [0, 0.1) is 0 Å². The number of rotatable bonds is 4. The molecule has 1 amide bonds. The van der Waals surface area contributed by atoms with Crippen LogP contribution in [-0.4, -0.2) is 19.0 Å². The van der Waals surface area contributed by atoms with Gasteiger partial charge in [0, 0.05) is 11.0 Å². The van der Waals surface area contributed by atoms with Gasteiger partial charge in [0.1, 0.15) is 5.00 Å². The maximum Gasteiger partial charge on any atom is 0.341 e. The van der Waals surface area contributed by atoms with Crippen LogP contribution < -0.4 is 5.32 Å². The lowest BCUT2D eigenvalue weighted by atomic mass is 9.95. The summed E-state index contributed by atoms with van der Waals surface area (Å²) >= 11 is 1.49. The van der Waals surface area contributed by atoms with Crippen molar-refractivity contribution in [3.8, 4) is 0 Å². The molecule has 0 radical (unpaired) electrons. The van der Waals surface area contributed by atoms with E-state index in [1.165, 1.54) is 29.4 Å². The number of hydrogen-bond donors (Lipinski definition) is 1. The summed E-state index contributed by atoms with van der Waals surface area (Å²) in [6.45, 7) is 0. The fourth-order valence-corrected chi connectivity index (χ4v) is 4.14. The summed E-state index contributed by atoms with van der Waals surface area (Å²) in [5.74, 6) is -0.626. The van der Waals surface area contributed by atoms with Crippen LogP contribution in [0.1, 0.15) is 39.2 Å². The Morgan fingerprint density at radius 1 is 1.17 bits per heavy atom. The molecular weight excluding hydrogens is 322 g/mol. The first-order valence-electron chi connectivity index (χ1n) is 7.96. The Balaban J connectivity index is 1.81. The van der Waals surface area contributed by atoms with E-state index in [1.54, 1.807) is 6.08 Å². The van der Waals surface area contributed by atoms with Gasteiger partial charge in [0.25, 0.3) is 0 Å². The van der Waals surface area contributed by atoms with Crippen molar-refractivity contribution in [2.75, 3.05) is 12.4 Å². The Morgan fingerprint density at radius 2 is 1.92 bits per heavy atom. The quantitative estimate of drug-likeness (QED) is 0.674. The number of carbonyl (C=O) groups excluding carboxylic acids is 2. The van der Waals surface area contributed by atoms with Gasteiger partial charge in [0.2, 0.25) is 5.91 Å². The van der Waals surface area contributed by atoms with Gasteiger partial charge in [0.15, 0.2) is 0 Å². The van der Waals surface area contributed by atoms with E-state index < -0.39 is 0 Å². The Morgan fingerprint density at radius 3 is 2.67 bits per heavy atom. The molecule has 1 aliphatic rings. The second-order valence-corrected chi connectivity index (χ2v) is 6.75. The molecule has 2 aromatic rings. The smallest absolute Gasteiger partial charge is 0.341 e. The number of benzene rings is 1. The topological polar surface area (TPSA) is 55.4 Å². The zero-order chi connectivity index (χ0) is 16.9. The molecule has 0 saturated carbocycles. The second-order valence-electron chi connectivity index (χ2n) is 5.64. The molecule has 0 bridgehead atoms. The monoisotopic (exact) mass is 341 g/mol. The molecule has 4 nitrogen and oxygen atoms in total. The molecule has 5 heteroatoms. The van der Waals surface area contributed by atoms with Crippen molar-refractivity contribution in [1.82, 2.24) is 0 Å². The number of aryl methyl sites for hydroxylation is 1. The van der Waals surface area contributed by atoms with Crippen LogP contribution in [0.2, 0.25) is 0 Å². The highest BCUT2D eigenvalue weighted by atomic mass is 32.1. The lowest BCUT2D eigenvalue weighted by molar-refractivity contribution is -0.111. The minimum Gasteiger partial charge on any atom is -0.465 e. The third-order valence-electron chi connectivity index (χ3n) is 4.02. The van der Waals surface area contributed by atoms with Gasteiger partial charge in [0.05, 0.1) is 12.7 Å². The minimum absolute atomic E-state index is 0.248. The van der Waals surface area contributed by atoms with Crippen LogP contribution in [-0.2, 0) is 22.4 Å². The molecule has 1 heterocycles. The molecule has 3 rings (SSSR count). The van der Waals surface area contributed by atoms with Gasteiger partial charge in [-0.1, -0.05) is 30.3 Å². The average Bonchev–Trinajstić information content (AvgIpc) is 2.98. The number of esters is 1. The summed E-state index contributed by atoms with van der Waals surface area (Å²) in [6, 6.07) is 9.61. The number of hydrogen-bond acceptors (Lipinski definition) is 4. The Hall–Kier alpha value is -2.40. The number of nitrogens with one attached hydrogen (secondary N) is 1. The van der Waals surface area contributed by atoms with E-state index in [0.717, 1.165) is 36.8 Å². The van der Waals surface area contributed by atoms with Crippen LogP contribution in [0.4, 0.5) is 5.00 Å². The van der Waals surface area contributed by atoms with Crippen molar-refractivity contribution in [1.29, 1.82) is 0 Å². The fourth-order valence-electron chi connectivity index (χ4n) is 2.86. The molecule has 1 N–H and O–H groups in total. The van der Waals surface area contributed by atoms with E-state index in [2.05, 4.69) is 5.32 Å². The normalized spacial score (nSPS) is 13.5. The first-order chi connectivity index (χ1) is 11.7. The minimum atomic E-state index is -0.378. The molecule has 0 saturated heterocycles. The van der Waals surface area contributed by atoms with Gasteiger partial charge in [-0.25, -0.2) is 4.79 Å². The van der Waals surface area contributed by atoms with E-state index in [0.29, 0.717) is 10.6 Å². The van der Waals surface area contributed by atoms with Crippen molar-refractivity contribution in [2.45, 2.75) is 25.7 Å².